The number of esters is 1. The fourth-order valence-electron chi connectivity index (χ4n) is 3.13. The molecular weight excluding hydrogens is 393 g/mol. The van der Waals surface area contributed by atoms with Crippen molar-refractivity contribution in [3.8, 4) is 0 Å². The summed E-state index contributed by atoms with van der Waals surface area (Å²) in [5.41, 5.74) is 1.69. The lowest BCUT2D eigenvalue weighted by atomic mass is 10.1. The van der Waals surface area contributed by atoms with Gasteiger partial charge in [-0.15, -0.1) is 11.3 Å². The lowest BCUT2D eigenvalue weighted by Crippen LogP contribution is -2.16. The van der Waals surface area contributed by atoms with E-state index in [1.165, 1.54) is 11.3 Å². The highest BCUT2D eigenvalue weighted by atomic mass is 35.5. The summed E-state index contributed by atoms with van der Waals surface area (Å²) in [4.78, 5) is 26.4. The molecule has 1 aliphatic carbocycles. The largest absolute Gasteiger partial charge is 0.462 e. The summed E-state index contributed by atoms with van der Waals surface area (Å²) in [6.45, 7) is 2.05. The van der Waals surface area contributed by atoms with E-state index in [4.69, 9.17) is 27.9 Å². The molecule has 7 heteroatoms. The van der Waals surface area contributed by atoms with Gasteiger partial charge in [0.25, 0.3) is 5.91 Å². The number of thiophene rings is 1. The number of amides is 1. The molecule has 1 heterocycles. The minimum Gasteiger partial charge on any atom is -0.462 e. The maximum absolute atomic E-state index is 12.7. The highest BCUT2D eigenvalue weighted by molar-refractivity contribution is 7.17. The number of carbonyl (C=O) groups excluding carboxylic acids is 2. The molecule has 1 N–H and O–H groups in total. The van der Waals surface area contributed by atoms with Gasteiger partial charge in [-0.1, -0.05) is 35.7 Å². The predicted molar refractivity (Wildman–Crippen MR) is 106 cm³/mol. The number of aryl methyl sites for hydroxylation is 1. The number of anilines is 1. The van der Waals surface area contributed by atoms with Crippen LogP contribution in [0.2, 0.25) is 10.0 Å². The van der Waals surface area contributed by atoms with Gasteiger partial charge >= 0.3 is 5.97 Å². The van der Waals surface area contributed by atoms with Crippen LogP contribution in [0.15, 0.2) is 18.2 Å². The van der Waals surface area contributed by atoms with E-state index in [1.54, 1.807) is 25.1 Å². The van der Waals surface area contributed by atoms with Crippen molar-refractivity contribution >= 4 is 51.4 Å². The van der Waals surface area contributed by atoms with Crippen LogP contribution in [0.1, 0.15) is 57.3 Å². The number of nitrogens with one attached hydrogen (secondary N) is 1. The molecule has 0 bridgehead atoms. The SMILES string of the molecule is CCOC(=O)c1c(NC(=O)c2c(Cl)cccc2Cl)sc2c1CCCCC2. The van der Waals surface area contributed by atoms with Crippen molar-refractivity contribution in [1.29, 1.82) is 0 Å². The van der Waals surface area contributed by atoms with Gasteiger partial charge in [0, 0.05) is 4.88 Å². The summed E-state index contributed by atoms with van der Waals surface area (Å²) in [5.74, 6) is -0.824. The second-order valence-corrected chi connectivity index (χ2v) is 7.96. The number of halogens is 2. The Kier molecular flexibility index (Phi) is 6.22. The average Bonchev–Trinajstić information content (AvgIpc) is 2.76. The number of ether oxygens (including phenoxy) is 1. The van der Waals surface area contributed by atoms with E-state index in [2.05, 4.69) is 5.32 Å². The van der Waals surface area contributed by atoms with Gasteiger partial charge in [0.1, 0.15) is 5.00 Å². The van der Waals surface area contributed by atoms with Crippen LogP contribution in [-0.2, 0) is 17.6 Å². The number of fused-ring (bicyclic) bond motifs is 1. The van der Waals surface area contributed by atoms with Crippen LogP contribution < -0.4 is 5.32 Å². The molecule has 0 saturated carbocycles. The van der Waals surface area contributed by atoms with Crippen molar-refractivity contribution in [3.05, 3.63) is 49.8 Å². The Labute approximate surface area is 166 Å². The van der Waals surface area contributed by atoms with Crippen molar-refractivity contribution in [2.45, 2.75) is 39.0 Å². The first-order chi connectivity index (χ1) is 12.5. The molecule has 0 unspecified atom stereocenters. The van der Waals surface area contributed by atoms with E-state index in [0.717, 1.165) is 42.5 Å². The first kappa shape index (κ1) is 19.2. The van der Waals surface area contributed by atoms with Gasteiger partial charge in [0.15, 0.2) is 0 Å². The maximum atomic E-state index is 12.7. The van der Waals surface area contributed by atoms with Crippen LogP contribution in [0.4, 0.5) is 5.00 Å². The van der Waals surface area contributed by atoms with Crippen LogP contribution in [-0.4, -0.2) is 18.5 Å². The third-order valence-corrected chi connectivity index (χ3v) is 6.15. The fourth-order valence-corrected chi connectivity index (χ4v) is 4.97. The first-order valence-electron chi connectivity index (χ1n) is 8.60. The van der Waals surface area contributed by atoms with Crippen LogP contribution in [0, 0.1) is 0 Å². The first-order valence-corrected chi connectivity index (χ1v) is 10.2. The summed E-state index contributed by atoms with van der Waals surface area (Å²) in [6.07, 6.45) is 4.98. The average molecular weight is 412 g/mol. The normalized spacial score (nSPS) is 13.7. The van der Waals surface area contributed by atoms with Crippen molar-refractivity contribution in [2.75, 3.05) is 11.9 Å². The number of carbonyl (C=O) groups is 2. The molecule has 3 rings (SSSR count). The van der Waals surface area contributed by atoms with E-state index in [1.807, 2.05) is 0 Å². The summed E-state index contributed by atoms with van der Waals surface area (Å²) in [5, 5.41) is 3.88. The number of hydrogen-bond donors (Lipinski definition) is 1. The summed E-state index contributed by atoms with van der Waals surface area (Å²) in [6, 6.07) is 4.90. The Balaban J connectivity index is 1.99. The molecule has 2 aromatic rings. The second-order valence-electron chi connectivity index (χ2n) is 6.04. The third kappa shape index (κ3) is 3.90. The fraction of sp³-hybridized carbons (Fsp3) is 0.368. The van der Waals surface area contributed by atoms with Gasteiger partial charge in [-0.25, -0.2) is 4.79 Å². The van der Waals surface area contributed by atoms with Crippen LogP contribution >= 0.6 is 34.5 Å². The van der Waals surface area contributed by atoms with Gasteiger partial charge in [0.05, 0.1) is 27.8 Å². The summed E-state index contributed by atoms with van der Waals surface area (Å²) in [7, 11) is 0. The lowest BCUT2D eigenvalue weighted by Gasteiger charge is -2.10. The Morgan fingerprint density at radius 3 is 2.50 bits per heavy atom. The molecule has 1 aromatic carbocycles. The summed E-state index contributed by atoms with van der Waals surface area (Å²) < 4.78 is 5.23. The summed E-state index contributed by atoms with van der Waals surface area (Å²) >= 11 is 13.7. The predicted octanol–water partition coefficient (Wildman–Crippen LogP) is 5.75. The molecule has 138 valence electrons. The van der Waals surface area contributed by atoms with Gasteiger partial charge < -0.3 is 10.1 Å². The van der Waals surface area contributed by atoms with Crippen LogP contribution in [0.25, 0.3) is 0 Å². The Hall–Kier alpha value is -1.56. The molecule has 4 nitrogen and oxygen atoms in total. The standard InChI is InChI=1S/C19H19Cl2NO3S/c1-2-25-19(24)15-11-7-4-3-5-10-14(11)26-18(15)22-17(23)16-12(20)8-6-9-13(16)21/h6,8-9H,2-5,7,10H2,1H3,(H,22,23). The molecule has 26 heavy (non-hydrogen) atoms. The zero-order valence-electron chi connectivity index (χ0n) is 14.4. The van der Waals surface area contributed by atoms with Crippen molar-refractivity contribution in [1.82, 2.24) is 0 Å². The molecular formula is C19H19Cl2NO3S. The van der Waals surface area contributed by atoms with Gasteiger partial charge in [-0.2, -0.15) is 0 Å². The monoisotopic (exact) mass is 411 g/mol. The Morgan fingerprint density at radius 1 is 1.12 bits per heavy atom. The highest BCUT2D eigenvalue weighted by Crippen LogP contribution is 2.38. The van der Waals surface area contributed by atoms with E-state index in [0.29, 0.717) is 10.6 Å². The minimum atomic E-state index is -0.428. The Morgan fingerprint density at radius 2 is 1.81 bits per heavy atom. The van der Waals surface area contributed by atoms with Crippen molar-refractivity contribution in [2.24, 2.45) is 0 Å². The lowest BCUT2D eigenvalue weighted by molar-refractivity contribution is 0.0527. The van der Waals surface area contributed by atoms with E-state index < -0.39 is 11.9 Å². The molecule has 0 saturated heterocycles. The van der Waals surface area contributed by atoms with Crippen molar-refractivity contribution in [3.63, 3.8) is 0 Å². The number of benzene rings is 1. The highest BCUT2D eigenvalue weighted by Gasteiger charge is 2.27. The maximum Gasteiger partial charge on any atom is 0.341 e. The van der Waals surface area contributed by atoms with Crippen molar-refractivity contribution < 1.29 is 14.3 Å². The topological polar surface area (TPSA) is 55.4 Å². The molecule has 1 aromatic heterocycles. The van der Waals surface area contributed by atoms with Gasteiger partial charge in [-0.3, -0.25) is 4.79 Å². The number of rotatable bonds is 4. The molecule has 0 aliphatic heterocycles. The van der Waals surface area contributed by atoms with E-state index in [-0.39, 0.29) is 22.2 Å². The molecule has 0 atom stereocenters. The van der Waals surface area contributed by atoms with Gasteiger partial charge in [-0.05, 0) is 50.3 Å². The smallest absolute Gasteiger partial charge is 0.341 e. The number of hydrogen-bond acceptors (Lipinski definition) is 4. The molecule has 0 radical (unpaired) electrons. The minimum absolute atomic E-state index is 0.203. The van der Waals surface area contributed by atoms with Gasteiger partial charge in [0.2, 0.25) is 0 Å². The Bertz CT molecular complexity index is 827. The zero-order valence-corrected chi connectivity index (χ0v) is 16.7. The molecule has 0 spiro atoms. The van der Waals surface area contributed by atoms with Crippen LogP contribution in [0.5, 0.6) is 0 Å². The third-order valence-electron chi connectivity index (χ3n) is 4.32. The molecule has 1 aliphatic rings. The zero-order chi connectivity index (χ0) is 18.7. The quantitative estimate of drug-likeness (QED) is 0.514. The molecule has 0 fully saturated rings. The van der Waals surface area contributed by atoms with E-state index >= 15 is 0 Å². The molecule has 1 amide bonds. The van der Waals surface area contributed by atoms with E-state index in [9.17, 15) is 9.59 Å². The van der Waals surface area contributed by atoms with Crippen LogP contribution in [0.3, 0.4) is 0 Å². The second kappa shape index (κ2) is 8.42.